The first-order valence-corrected chi connectivity index (χ1v) is 11.5. The van der Waals surface area contributed by atoms with E-state index in [4.69, 9.17) is 0 Å². The number of likely N-dealkylation sites (tertiary alicyclic amines) is 1. The van der Waals surface area contributed by atoms with Gasteiger partial charge in [0.05, 0.1) is 22.8 Å². The predicted octanol–water partition coefficient (Wildman–Crippen LogP) is 4.21. The maximum atomic E-state index is 13.1. The molecule has 4 heterocycles. The molecule has 2 amide bonds. The molecule has 172 valence electrons. The van der Waals surface area contributed by atoms with E-state index in [0.29, 0.717) is 30.9 Å². The SMILES string of the molecule is Cc1ccc(NC(=O)c2cccc([C@@H]3CCCN3C(=O)CCc3nc4ccccc4[nH]3)n2)nc1. The number of H-pyrrole nitrogens is 1. The standard InChI is InChI=1S/C26H26N6O2/c1-17-11-12-23(27-16-17)31-26(34)21-9-4-8-20(28-21)22-10-5-15-32(22)25(33)14-13-24-29-18-6-2-3-7-19(18)30-24/h2-4,6-9,11-12,16,22H,5,10,13-15H2,1H3,(H,29,30)(H,27,31,34)/t22-/m0/s1. The largest absolute Gasteiger partial charge is 0.342 e. The van der Waals surface area contributed by atoms with Crippen LogP contribution in [-0.4, -0.2) is 43.2 Å². The number of aryl methyl sites for hydroxylation is 2. The van der Waals surface area contributed by atoms with E-state index < -0.39 is 0 Å². The zero-order valence-corrected chi connectivity index (χ0v) is 19.0. The smallest absolute Gasteiger partial charge is 0.275 e. The van der Waals surface area contributed by atoms with Gasteiger partial charge in [0.1, 0.15) is 17.3 Å². The summed E-state index contributed by atoms with van der Waals surface area (Å²) in [5.41, 5.74) is 3.94. The van der Waals surface area contributed by atoms with Gasteiger partial charge in [0.15, 0.2) is 0 Å². The van der Waals surface area contributed by atoms with Crippen molar-refractivity contribution in [1.82, 2.24) is 24.8 Å². The summed E-state index contributed by atoms with van der Waals surface area (Å²) in [5, 5.41) is 2.78. The van der Waals surface area contributed by atoms with E-state index >= 15 is 0 Å². The first-order valence-electron chi connectivity index (χ1n) is 11.5. The minimum atomic E-state index is -0.320. The van der Waals surface area contributed by atoms with E-state index in [-0.39, 0.29) is 17.9 Å². The Kier molecular flexibility index (Phi) is 6.03. The number of nitrogens with zero attached hydrogens (tertiary/aromatic N) is 4. The van der Waals surface area contributed by atoms with Crippen LogP contribution in [0.5, 0.6) is 0 Å². The molecule has 1 aliphatic rings. The van der Waals surface area contributed by atoms with Crippen molar-refractivity contribution in [2.45, 2.75) is 38.6 Å². The number of benzene rings is 1. The van der Waals surface area contributed by atoms with Crippen LogP contribution in [0.15, 0.2) is 60.8 Å². The summed E-state index contributed by atoms with van der Waals surface area (Å²) < 4.78 is 0. The molecule has 1 fully saturated rings. The lowest BCUT2D eigenvalue weighted by atomic mass is 10.1. The average Bonchev–Trinajstić information content (AvgIpc) is 3.51. The molecule has 0 aliphatic carbocycles. The Labute approximate surface area is 197 Å². The summed E-state index contributed by atoms with van der Waals surface area (Å²) in [6, 6.07) is 16.7. The van der Waals surface area contributed by atoms with Gasteiger partial charge in [-0.15, -0.1) is 0 Å². The van der Waals surface area contributed by atoms with Crippen molar-refractivity contribution >= 4 is 28.7 Å². The number of pyridine rings is 2. The van der Waals surface area contributed by atoms with Gasteiger partial charge in [-0.25, -0.2) is 15.0 Å². The molecule has 34 heavy (non-hydrogen) atoms. The van der Waals surface area contributed by atoms with Gasteiger partial charge in [-0.1, -0.05) is 24.3 Å². The number of carbonyl (C=O) groups excluding carboxylic acids is 2. The average molecular weight is 455 g/mol. The van der Waals surface area contributed by atoms with Crippen LogP contribution in [-0.2, 0) is 11.2 Å². The molecule has 5 rings (SSSR count). The number of nitrogens with one attached hydrogen (secondary N) is 2. The van der Waals surface area contributed by atoms with Gasteiger partial charge >= 0.3 is 0 Å². The van der Waals surface area contributed by atoms with Gasteiger partial charge in [-0.3, -0.25) is 9.59 Å². The number of anilines is 1. The maximum Gasteiger partial charge on any atom is 0.275 e. The summed E-state index contributed by atoms with van der Waals surface area (Å²) in [6.45, 7) is 2.63. The lowest BCUT2D eigenvalue weighted by Gasteiger charge is -2.24. The summed E-state index contributed by atoms with van der Waals surface area (Å²) in [6.07, 6.45) is 4.36. The molecule has 1 saturated heterocycles. The third-order valence-electron chi connectivity index (χ3n) is 6.08. The number of aromatic nitrogens is 4. The van der Waals surface area contributed by atoms with Crippen LogP contribution in [0.1, 0.15) is 52.9 Å². The Bertz CT molecular complexity index is 1300. The number of aromatic amines is 1. The Morgan fingerprint density at radius 1 is 1.09 bits per heavy atom. The van der Waals surface area contributed by atoms with Crippen molar-refractivity contribution in [2.24, 2.45) is 0 Å². The summed E-state index contributed by atoms with van der Waals surface area (Å²) in [7, 11) is 0. The fourth-order valence-corrected chi connectivity index (χ4v) is 4.35. The number of hydrogen-bond acceptors (Lipinski definition) is 5. The second-order valence-corrected chi connectivity index (χ2v) is 8.57. The summed E-state index contributed by atoms with van der Waals surface area (Å²) in [4.78, 5) is 44.3. The van der Waals surface area contributed by atoms with E-state index in [1.54, 1.807) is 18.3 Å². The molecule has 0 saturated carbocycles. The molecule has 4 aromatic rings. The normalized spacial score (nSPS) is 15.6. The molecule has 0 radical (unpaired) electrons. The molecule has 0 bridgehead atoms. The van der Waals surface area contributed by atoms with Gasteiger partial charge in [0.2, 0.25) is 5.91 Å². The van der Waals surface area contributed by atoms with Crippen LogP contribution in [0, 0.1) is 6.92 Å². The maximum absolute atomic E-state index is 13.1. The van der Waals surface area contributed by atoms with Gasteiger partial charge in [0.25, 0.3) is 5.91 Å². The number of amides is 2. The third kappa shape index (κ3) is 4.66. The molecule has 8 heteroatoms. The van der Waals surface area contributed by atoms with Gasteiger partial charge in [0, 0.05) is 25.6 Å². The fraction of sp³-hybridized carbons (Fsp3) is 0.269. The Morgan fingerprint density at radius 2 is 1.97 bits per heavy atom. The minimum absolute atomic E-state index is 0.0727. The highest BCUT2D eigenvalue weighted by Crippen LogP contribution is 2.31. The van der Waals surface area contributed by atoms with Crippen molar-refractivity contribution < 1.29 is 9.59 Å². The summed E-state index contributed by atoms with van der Waals surface area (Å²) in [5.74, 6) is 1.04. The van der Waals surface area contributed by atoms with E-state index in [1.165, 1.54) is 0 Å². The fourth-order valence-electron chi connectivity index (χ4n) is 4.35. The monoisotopic (exact) mass is 454 g/mol. The van der Waals surface area contributed by atoms with Crippen molar-refractivity contribution in [3.8, 4) is 0 Å². The molecular formula is C26H26N6O2. The number of imidazole rings is 1. The lowest BCUT2D eigenvalue weighted by Crippen LogP contribution is -2.31. The third-order valence-corrected chi connectivity index (χ3v) is 6.08. The molecule has 2 N–H and O–H groups in total. The molecule has 1 aliphatic heterocycles. The second kappa shape index (κ2) is 9.43. The topological polar surface area (TPSA) is 104 Å². The molecule has 0 unspecified atom stereocenters. The number of carbonyl (C=O) groups is 2. The van der Waals surface area contributed by atoms with E-state index in [2.05, 4.69) is 25.3 Å². The molecule has 3 aromatic heterocycles. The number of rotatable bonds is 6. The minimum Gasteiger partial charge on any atom is -0.342 e. The van der Waals surface area contributed by atoms with Crippen LogP contribution >= 0.6 is 0 Å². The molecule has 1 aromatic carbocycles. The van der Waals surface area contributed by atoms with Crippen LogP contribution < -0.4 is 5.32 Å². The molecule has 1 atom stereocenters. The highest BCUT2D eigenvalue weighted by Gasteiger charge is 2.31. The second-order valence-electron chi connectivity index (χ2n) is 8.57. The zero-order valence-electron chi connectivity index (χ0n) is 19.0. The van der Waals surface area contributed by atoms with E-state index in [0.717, 1.165) is 41.0 Å². The quantitative estimate of drug-likeness (QED) is 0.454. The first-order chi connectivity index (χ1) is 16.6. The van der Waals surface area contributed by atoms with Gasteiger partial charge < -0.3 is 15.2 Å². The van der Waals surface area contributed by atoms with Crippen LogP contribution in [0.2, 0.25) is 0 Å². The van der Waals surface area contributed by atoms with Gasteiger partial charge in [-0.2, -0.15) is 0 Å². The Morgan fingerprint density at radius 3 is 2.79 bits per heavy atom. The van der Waals surface area contributed by atoms with Crippen molar-refractivity contribution in [3.63, 3.8) is 0 Å². The van der Waals surface area contributed by atoms with Crippen molar-refractivity contribution in [1.29, 1.82) is 0 Å². The summed E-state index contributed by atoms with van der Waals surface area (Å²) >= 11 is 0. The van der Waals surface area contributed by atoms with Crippen LogP contribution in [0.4, 0.5) is 5.82 Å². The van der Waals surface area contributed by atoms with E-state index in [9.17, 15) is 9.59 Å². The zero-order chi connectivity index (χ0) is 23.5. The Hall–Kier alpha value is -4.07. The molecule has 0 spiro atoms. The highest BCUT2D eigenvalue weighted by atomic mass is 16.2. The number of para-hydroxylation sites is 2. The highest BCUT2D eigenvalue weighted by molar-refractivity contribution is 6.02. The van der Waals surface area contributed by atoms with E-state index in [1.807, 2.05) is 54.3 Å². The first kappa shape index (κ1) is 21.8. The lowest BCUT2D eigenvalue weighted by molar-refractivity contribution is -0.132. The predicted molar refractivity (Wildman–Crippen MR) is 129 cm³/mol. The van der Waals surface area contributed by atoms with Crippen molar-refractivity contribution in [3.05, 3.63) is 83.6 Å². The molecule has 8 nitrogen and oxygen atoms in total. The van der Waals surface area contributed by atoms with Crippen molar-refractivity contribution in [2.75, 3.05) is 11.9 Å². The van der Waals surface area contributed by atoms with Crippen LogP contribution in [0.25, 0.3) is 11.0 Å². The number of hydrogen-bond donors (Lipinski definition) is 2. The number of fused-ring (bicyclic) bond motifs is 1. The Balaban J connectivity index is 1.25. The van der Waals surface area contributed by atoms with Gasteiger partial charge in [-0.05, 0) is 55.7 Å². The van der Waals surface area contributed by atoms with Crippen LogP contribution in [0.3, 0.4) is 0 Å². The molecular weight excluding hydrogens is 428 g/mol.